The highest BCUT2D eigenvalue weighted by Crippen LogP contribution is 2.42. The standard InChI is InChI=1S/C38H42N2O2/c1-7-23(5)27-19-13-15-25(9-3)35(27)39-31-21-22-32(40-36-26(10-4)16-14-20-28(36)24(6)8-2)34-33(31)37(41)29-17-11-12-18-30(29)38(34)42/h11-24,39-40H,7-10H2,1-6H3. The zero-order chi connectivity index (χ0) is 30.0. The molecule has 5 rings (SSSR count). The fraction of sp³-hybridized carbons (Fsp3) is 0.316. The smallest absolute Gasteiger partial charge is 0.196 e. The highest BCUT2D eigenvalue weighted by molar-refractivity contribution is 6.32. The van der Waals surface area contributed by atoms with Gasteiger partial charge in [-0.2, -0.15) is 0 Å². The molecule has 0 saturated heterocycles. The van der Waals surface area contributed by atoms with Crippen molar-refractivity contribution in [3.05, 3.63) is 117 Å². The van der Waals surface area contributed by atoms with Crippen LogP contribution in [0.2, 0.25) is 0 Å². The van der Waals surface area contributed by atoms with E-state index in [0.717, 1.165) is 37.1 Å². The molecule has 4 nitrogen and oxygen atoms in total. The van der Waals surface area contributed by atoms with Gasteiger partial charge in [0.25, 0.3) is 0 Å². The average Bonchev–Trinajstić information content (AvgIpc) is 3.03. The molecule has 0 aromatic heterocycles. The van der Waals surface area contributed by atoms with Gasteiger partial charge in [-0.3, -0.25) is 9.59 Å². The molecule has 0 spiro atoms. The van der Waals surface area contributed by atoms with Crippen molar-refractivity contribution in [1.29, 1.82) is 0 Å². The Kier molecular flexibility index (Phi) is 8.63. The van der Waals surface area contributed by atoms with Gasteiger partial charge in [-0.15, -0.1) is 0 Å². The molecule has 4 aromatic rings. The molecule has 1 aliphatic rings. The van der Waals surface area contributed by atoms with E-state index in [0.29, 0.717) is 45.5 Å². The molecule has 4 heteroatoms. The molecule has 0 fully saturated rings. The Morgan fingerprint density at radius 2 is 0.952 bits per heavy atom. The second-order valence-electron chi connectivity index (χ2n) is 11.5. The van der Waals surface area contributed by atoms with Crippen molar-refractivity contribution in [2.75, 3.05) is 10.6 Å². The van der Waals surface area contributed by atoms with Crippen molar-refractivity contribution in [2.24, 2.45) is 0 Å². The predicted molar refractivity (Wildman–Crippen MR) is 175 cm³/mol. The second kappa shape index (κ2) is 12.4. The summed E-state index contributed by atoms with van der Waals surface area (Å²) in [5.41, 5.74) is 10.00. The van der Waals surface area contributed by atoms with Crippen LogP contribution in [0.3, 0.4) is 0 Å². The molecule has 0 aliphatic heterocycles. The zero-order valence-electron chi connectivity index (χ0n) is 25.7. The Morgan fingerprint density at radius 3 is 1.31 bits per heavy atom. The van der Waals surface area contributed by atoms with Crippen molar-refractivity contribution in [2.45, 2.75) is 79.1 Å². The van der Waals surface area contributed by atoms with Gasteiger partial charge in [0.15, 0.2) is 11.6 Å². The monoisotopic (exact) mass is 558 g/mol. The van der Waals surface area contributed by atoms with E-state index in [2.05, 4.69) is 88.6 Å². The van der Waals surface area contributed by atoms with Crippen molar-refractivity contribution in [1.82, 2.24) is 0 Å². The second-order valence-corrected chi connectivity index (χ2v) is 11.5. The van der Waals surface area contributed by atoms with Gasteiger partial charge in [0, 0.05) is 22.5 Å². The number of nitrogens with one attached hydrogen (secondary N) is 2. The van der Waals surface area contributed by atoms with E-state index in [-0.39, 0.29) is 11.6 Å². The van der Waals surface area contributed by atoms with Gasteiger partial charge < -0.3 is 10.6 Å². The summed E-state index contributed by atoms with van der Waals surface area (Å²) in [4.78, 5) is 28.4. The Morgan fingerprint density at radius 1 is 0.548 bits per heavy atom. The van der Waals surface area contributed by atoms with Crippen molar-refractivity contribution in [3.63, 3.8) is 0 Å². The lowest BCUT2D eigenvalue weighted by atomic mass is 9.82. The maximum Gasteiger partial charge on any atom is 0.196 e. The SMILES string of the molecule is CCc1cccc(C(C)CC)c1Nc1ccc(Nc2c(CC)cccc2C(C)CC)c2c1C(=O)c1ccccc1C2=O. The molecule has 1 aliphatic carbocycles. The van der Waals surface area contributed by atoms with E-state index >= 15 is 0 Å². The third-order valence-corrected chi connectivity index (χ3v) is 9.01. The number of anilines is 4. The Bertz CT molecular complexity index is 1530. The number of carbonyl (C=O) groups is 2. The Labute approximate surface area is 250 Å². The number of aryl methyl sites for hydroxylation is 2. The van der Waals surface area contributed by atoms with Gasteiger partial charge in [-0.05, 0) is 71.9 Å². The van der Waals surface area contributed by atoms with Crippen LogP contribution in [0.25, 0.3) is 0 Å². The minimum atomic E-state index is -0.128. The summed E-state index contributed by atoms with van der Waals surface area (Å²) in [5, 5.41) is 7.34. The molecule has 0 amide bonds. The third-order valence-electron chi connectivity index (χ3n) is 9.01. The highest BCUT2D eigenvalue weighted by Gasteiger charge is 2.34. The number of rotatable bonds is 10. The zero-order valence-corrected chi connectivity index (χ0v) is 25.7. The number of para-hydroxylation sites is 2. The molecule has 4 aromatic carbocycles. The first kappa shape index (κ1) is 29.3. The first-order valence-electron chi connectivity index (χ1n) is 15.5. The summed E-state index contributed by atoms with van der Waals surface area (Å²) in [6.07, 6.45) is 3.72. The molecule has 2 N–H and O–H groups in total. The lowest BCUT2D eigenvalue weighted by Crippen LogP contribution is -2.24. The summed E-state index contributed by atoms with van der Waals surface area (Å²) in [6.45, 7) is 13.1. The summed E-state index contributed by atoms with van der Waals surface area (Å²) < 4.78 is 0. The minimum Gasteiger partial charge on any atom is -0.354 e. The van der Waals surface area contributed by atoms with Gasteiger partial charge >= 0.3 is 0 Å². The van der Waals surface area contributed by atoms with E-state index in [9.17, 15) is 9.59 Å². The largest absolute Gasteiger partial charge is 0.354 e. The fourth-order valence-electron chi connectivity index (χ4n) is 6.10. The molecule has 0 radical (unpaired) electrons. The van der Waals surface area contributed by atoms with Gasteiger partial charge in [-0.25, -0.2) is 0 Å². The van der Waals surface area contributed by atoms with Gasteiger partial charge in [-0.1, -0.05) is 102 Å². The number of benzene rings is 4. The van der Waals surface area contributed by atoms with Crippen LogP contribution in [0.4, 0.5) is 22.7 Å². The number of hydrogen-bond acceptors (Lipinski definition) is 4. The summed E-state index contributed by atoms with van der Waals surface area (Å²) >= 11 is 0. The first-order chi connectivity index (χ1) is 20.3. The summed E-state index contributed by atoms with van der Waals surface area (Å²) in [5.74, 6) is 0.435. The van der Waals surface area contributed by atoms with E-state index in [4.69, 9.17) is 0 Å². The lowest BCUT2D eigenvalue weighted by Gasteiger charge is -2.27. The number of fused-ring (bicyclic) bond motifs is 2. The average molecular weight is 559 g/mol. The Hall–Kier alpha value is -4.18. The van der Waals surface area contributed by atoms with Crippen LogP contribution in [0.15, 0.2) is 72.8 Å². The molecular formula is C38H42N2O2. The highest BCUT2D eigenvalue weighted by atomic mass is 16.1. The number of hydrogen-bond donors (Lipinski definition) is 2. The van der Waals surface area contributed by atoms with Crippen molar-refractivity contribution < 1.29 is 9.59 Å². The molecule has 0 heterocycles. The van der Waals surface area contributed by atoms with Gasteiger partial charge in [0.05, 0.1) is 22.5 Å². The Balaban J connectivity index is 1.73. The maximum absolute atomic E-state index is 14.2. The van der Waals surface area contributed by atoms with Gasteiger partial charge in [0.1, 0.15) is 0 Å². The molecule has 42 heavy (non-hydrogen) atoms. The van der Waals surface area contributed by atoms with Crippen molar-refractivity contribution >= 4 is 34.3 Å². The van der Waals surface area contributed by atoms with E-state index in [1.165, 1.54) is 22.3 Å². The molecular weight excluding hydrogens is 516 g/mol. The van der Waals surface area contributed by atoms with Crippen molar-refractivity contribution in [3.8, 4) is 0 Å². The van der Waals surface area contributed by atoms with Crippen LogP contribution in [0.1, 0.15) is 120 Å². The lowest BCUT2D eigenvalue weighted by molar-refractivity contribution is 0.0980. The normalized spacial score (nSPS) is 13.8. The van der Waals surface area contributed by atoms with Crippen LogP contribution in [0.5, 0.6) is 0 Å². The number of carbonyl (C=O) groups excluding carboxylic acids is 2. The molecule has 0 saturated carbocycles. The minimum absolute atomic E-state index is 0.128. The maximum atomic E-state index is 14.2. The van der Waals surface area contributed by atoms with Crippen LogP contribution in [-0.4, -0.2) is 11.6 Å². The van der Waals surface area contributed by atoms with Gasteiger partial charge in [0.2, 0.25) is 0 Å². The molecule has 0 bridgehead atoms. The van der Waals surface area contributed by atoms with E-state index in [1.807, 2.05) is 24.3 Å². The molecule has 216 valence electrons. The van der Waals surface area contributed by atoms with Crippen LogP contribution < -0.4 is 10.6 Å². The predicted octanol–water partition coefficient (Wildman–Crippen LogP) is 10.1. The van der Waals surface area contributed by atoms with E-state index < -0.39 is 0 Å². The fourth-order valence-corrected chi connectivity index (χ4v) is 6.10. The van der Waals surface area contributed by atoms with Crippen LogP contribution in [-0.2, 0) is 12.8 Å². The van der Waals surface area contributed by atoms with Crippen LogP contribution >= 0.6 is 0 Å². The molecule has 2 atom stereocenters. The summed E-state index contributed by atoms with van der Waals surface area (Å²) in [7, 11) is 0. The third kappa shape index (κ3) is 5.15. The summed E-state index contributed by atoms with van der Waals surface area (Å²) in [6, 6.07) is 23.9. The number of ketones is 2. The topological polar surface area (TPSA) is 58.2 Å². The first-order valence-corrected chi connectivity index (χ1v) is 15.5. The quantitative estimate of drug-likeness (QED) is 0.179. The molecule has 2 unspecified atom stereocenters. The van der Waals surface area contributed by atoms with E-state index in [1.54, 1.807) is 12.1 Å². The van der Waals surface area contributed by atoms with Crippen LogP contribution in [0, 0.1) is 0 Å².